The molecule has 17 heavy (non-hydrogen) atoms. The van der Waals surface area contributed by atoms with Gasteiger partial charge >= 0.3 is 0 Å². The van der Waals surface area contributed by atoms with E-state index < -0.39 is 0 Å². The predicted octanol–water partition coefficient (Wildman–Crippen LogP) is 2.64. The Labute approximate surface area is 106 Å². The van der Waals surface area contributed by atoms with Gasteiger partial charge in [0, 0.05) is 25.2 Å². The minimum absolute atomic E-state index is 0.887. The van der Waals surface area contributed by atoms with Crippen molar-refractivity contribution >= 4 is 0 Å². The second kappa shape index (κ2) is 5.27. The van der Waals surface area contributed by atoms with E-state index in [0.29, 0.717) is 0 Å². The van der Waals surface area contributed by atoms with E-state index >= 15 is 0 Å². The molecule has 0 aromatic carbocycles. The Morgan fingerprint density at radius 1 is 1.00 bits per heavy atom. The van der Waals surface area contributed by atoms with Crippen LogP contribution in [-0.2, 0) is 0 Å². The second-order valence-electron chi connectivity index (χ2n) is 6.42. The topological polar surface area (TPSA) is 15.3 Å². The smallest absolute Gasteiger partial charge is 0.0124 e. The number of nitrogens with one attached hydrogen (secondary N) is 1. The van der Waals surface area contributed by atoms with Crippen LogP contribution in [0.25, 0.3) is 0 Å². The van der Waals surface area contributed by atoms with E-state index in [0.717, 1.165) is 23.9 Å². The number of hydrogen-bond donors (Lipinski definition) is 1. The molecule has 0 aliphatic heterocycles. The molecule has 98 valence electrons. The van der Waals surface area contributed by atoms with Gasteiger partial charge in [-0.2, -0.15) is 0 Å². The fourth-order valence-electron chi connectivity index (χ4n) is 3.21. The molecular weight excluding hydrogens is 208 g/mol. The monoisotopic (exact) mass is 236 g/mol. The minimum Gasteiger partial charge on any atom is -0.312 e. The fraction of sp³-hybridized carbons (Fsp3) is 1.00. The lowest BCUT2D eigenvalue weighted by Crippen LogP contribution is -2.40. The van der Waals surface area contributed by atoms with Crippen molar-refractivity contribution in [2.75, 3.05) is 19.6 Å². The van der Waals surface area contributed by atoms with Gasteiger partial charge in [-0.05, 0) is 63.3 Å². The van der Waals surface area contributed by atoms with Crippen molar-refractivity contribution in [3.05, 3.63) is 0 Å². The Balaban J connectivity index is 1.37. The Kier molecular flexibility index (Phi) is 3.72. The van der Waals surface area contributed by atoms with Gasteiger partial charge in [-0.15, -0.1) is 0 Å². The maximum absolute atomic E-state index is 3.87. The van der Waals surface area contributed by atoms with Crippen LogP contribution >= 0.6 is 0 Å². The Bertz CT molecular complexity index is 229. The zero-order valence-electron chi connectivity index (χ0n) is 11.3. The summed E-state index contributed by atoms with van der Waals surface area (Å²) in [7, 11) is 0. The van der Waals surface area contributed by atoms with Gasteiger partial charge in [-0.1, -0.05) is 6.92 Å². The second-order valence-corrected chi connectivity index (χ2v) is 6.42. The minimum atomic E-state index is 0.887. The van der Waals surface area contributed by atoms with E-state index in [2.05, 4.69) is 17.1 Å². The highest BCUT2D eigenvalue weighted by Crippen LogP contribution is 2.44. The molecule has 3 saturated carbocycles. The van der Waals surface area contributed by atoms with Gasteiger partial charge in [0.25, 0.3) is 0 Å². The standard InChI is InChI=1S/C15H28N2/c1-2-10-17(14-7-8-14)11-9-16-15(12-3-4-12)13-5-6-13/h12-16H,2-11H2,1H3. The molecule has 3 aliphatic rings. The molecule has 0 heterocycles. The molecule has 0 unspecified atom stereocenters. The van der Waals surface area contributed by atoms with Crippen LogP contribution in [0.2, 0.25) is 0 Å². The van der Waals surface area contributed by atoms with Crippen LogP contribution in [0.3, 0.4) is 0 Å². The summed E-state index contributed by atoms with van der Waals surface area (Å²) in [5.74, 6) is 2.09. The SMILES string of the molecule is CCCN(CCNC(C1CC1)C1CC1)C1CC1. The van der Waals surface area contributed by atoms with E-state index in [1.807, 2.05) is 0 Å². The molecular formula is C15H28N2. The van der Waals surface area contributed by atoms with Crippen LogP contribution in [0.1, 0.15) is 51.9 Å². The first kappa shape index (κ1) is 12.0. The van der Waals surface area contributed by atoms with E-state index in [1.54, 1.807) is 0 Å². The van der Waals surface area contributed by atoms with Crippen LogP contribution in [0.15, 0.2) is 0 Å². The van der Waals surface area contributed by atoms with Crippen molar-refractivity contribution in [3.8, 4) is 0 Å². The predicted molar refractivity (Wildman–Crippen MR) is 72.1 cm³/mol. The molecule has 2 heteroatoms. The summed E-state index contributed by atoms with van der Waals surface area (Å²) >= 11 is 0. The molecule has 0 radical (unpaired) electrons. The number of rotatable bonds is 9. The maximum Gasteiger partial charge on any atom is 0.0124 e. The summed E-state index contributed by atoms with van der Waals surface area (Å²) in [5.41, 5.74) is 0. The molecule has 0 bridgehead atoms. The highest BCUT2D eigenvalue weighted by atomic mass is 15.2. The summed E-state index contributed by atoms with van der Waals surface area (Å²) in [5, 5.41) is 3.87. The van der Waals surface area contributed by atoms with Crippen molar-refractivity contribution in [2.24, 2.45) is 11.8 Å². The summed E-state index contributed by atoms with van der Waals surface area (Å²) in [6, 6.07) is 1.83. The fourth-order valence-corrected chi connectivity index (χ4v) is 3.21. The molecule has 0 aromatic rings. The first-order valence-electron chi connectivity index (χ1n) is 7.86. The lowest BCUT2D eigenvalue weighted by Gasteiger charge is -2.24. The average Bonchev–Trinajstić information content (AvgIpc) is 3.16. The van der Waals surface area contributed by atoms with E-state index in [4.69, 9.17) is 0 Å². The van der Waals surface area contributed by atoms with Crippen LogP contribution < -0.4 is 5.32 Å². The van der Waals surface area contributed by atoms with E-state index in [9.17, 15) is 0 Å². The van der Waals surface area contributed by atoms with Crippen LogP contribution in [0.4, 0.5) is 0 Å². The van der Waals surface area contributed by atoms with Crippen molar-refractivity contribution in [2.45, 2.75) is 64.0 Å². The summed E-state index contributed by atoms with van der Waals surface area (Å²) in [6.45, 7) is 6.13. The highest BCUT2D eigenvalue weighted by molar-refractivity contribution is 4.96. The third-order valence-corrected chi connectivity index (χ3v) is 4.61. The Hall–Kier alpha value is -0.0800. The molecule has 3 fully saturated rings. The van der Waals surface area contributed by atoms with Crippen molar-refractivity contribution in [1.29, 1.82) is 0 Å². The van der Waals surface area contributed by atoms with Gasteiger partial charge in [-0.3, -0.25) is 4.90 Å². The quantitative estimate of drug-likeness (QED) is 0.662. The van der Waals surface area contributed by atoms with Gasteiger partial charge in [-0.25, -0.2) is 0 Å². The molecule has 0 saturated heterocycles. The van der Waals surface area contributed by atoms with Gasteiger partial charge in [0.15, 0.2) is 0 Å². The lowest BCUT2D eigenvalue weighted by molar-refractivity contribution is 0.254. The van der Waals surface area contributed by atoms with E-state index in [-0.39, 0.29) is 0 Å². The number of hydrogen-bond acceptors (Lipinski definition) is 2. The third kappa shape index (κ3) is 3.45. The summed E-state index contributed by atoms with van der Waals surface area (Å²) in [6.07, 6.45) is 10.2. The molecule has 2 nitrogen and oxygen atoms in total. The molecule has 3 aliphatic carbocycles. The molecule has 0 amide bonds. The Morgan fingerprint density at radius 3 is 2.12 bits per heavy atom. The normalized spacial score (nSPS) is 24.9. The van der Waals surface area contributed by atoms with Gasteiger partial charge < -0.3 is 5.32 Å². The highest BCUT2D eigenvalue weighted by Gasteiger charge is 2.41. The lowest BCUT2D eigenvalue weighted by atomic mass is 10.1. The molecule has 0 atom stereocenters. The molecule has 0 spiro atoms. The van der Waals surface area contributed by atoms with Gasteiger partial charge in [0.1, 0.15) is 0 Å². The van der Waals surface area contributed by atoms with E-state index in [1.165, 1.54) is 64.6 Å². The maximum atomic E-state index is 3.87. The van der Waals surface area contributed by atoms with Gasteiger partial charge in [0.05, 0.1) is 0 Å². The molecule has 1 N–H and O–H groups in total. The van der Waals surface area contributed by atoms with Crippen molar-refractivity contribution < 1.29 is 0 Å². The first-order valence-corrected chi connectivity index (χ1v) is 7.86. The van der Waals surface area contributed by atoms with Crippen LogP contribution in [0.5, 0.6) is 0 Å². The van der Waals surface area contributed by atoms with Crippen LogP contribution in [0, 0.1) is 11.8 Å². The largest absolute Gasteiger partial charge is 0.312 e. The Morgan fingerprint density at radius 2 is 1.65 bits per heavy atom. The van der Waals surface area contributed by atoms with Crippen molar-refractivity contribution in [3.63, 3.8) is 0 Å². The zero-order valence-corrected chi connectivity index (χ0v) is 11.3. The zero-order chi connectivity index (χ0) is 11.7. The number of nitrogens with zero attached hydrogens (tertiary/aromatic N) is 1. The first-order chi connectivity index (χ1) is 8.38. The summed E-state index contributed by atoms with van der Waals surface area (Å²) in [4.78, 5) is 2.71. The molecule has 3 rings (SSSR count). The van der Waals surface area contributed by atoms with Gasteiger partial charge in [0.2, 0.25) is 0 Å². The summed E-state index contributed by atoms with van der Waals surface area (Å²) < 4.78 is 0. The molecule has 0 aromatic heterocycles. The van der Waals surface area contributed by atoms with Crippen LogP contribution in [-0.4, -0.2) is 36.6 Å². The van der Waals surface area contributed by atoms with Crippen molar-refractivity contribution in [1.82, 2.24) is 10.2 Å². The average molecular weight is 236 g/mol. The third-order valence-electron chi connectivity index (χ3n) is 4.61.